The minimum Gasteiger partial charge on any atom is -0.307 e. The van der Waals surface area contributed by atoms with E-state index in [0.717, 1.165) is 10.2 Å². The minimum absolute atomic E-state index is 0.271. The van der Waals surface area contributed by atoms with Gasteiger partial charge < -0.3 is 5.32 Å². The van der Waals surface area contributed by atoms with E-state index in [1.165, 1.54) is 18.9 Å². The Morgan fingerprint density at radius 3 is 2.85 bits per heavy atom. The number of benzene rings is 1. The maximum Gasteiger partial charge on any atom is 0.143 e. The predicted molar refractivity (Wildman–Crippen MR) is 79.7 cm³/mol. The molecule has 1 N–H and O–H groups in total. The highest BCUT2D eigenvalue weighted by Gasteiger charge is 2.20. The summed E-state index contributed by atoms with van der Waals surface area (Å²) in [4.78, 5) is 8.87. The number of nitrogens with zero attached hydrogens (tertiary/aromatic N) is 2. The molecule has 1 fully saturated rings. The van der Waals surface area contributed by atoms with Crippen molar-refractivity contribution < 1.29 is 4.39 Å². The van der Waals surface area contributed by atoms with Crippen molar-refractivity contribution in [2.45, 2.75) is 32.4 Å². The third-order valence-corrected chi connectivity index (χ3v) is 3.72. The molecular formula is C15H15BrFN3. The van der Waals surface area contributed by atoms with Crippen LogP contribution in [-0.2, 0) is 6.54 Å². The van der Waals surface area contributed by atoms with Crippen LogP contribution in [0.2, 0.25) is 0 Å². The first kappa shape index (κ1) is 13.6. The second-order valence-electron chi connectivity index (χ2n) is 5.09. The zero-order chi connectivity index (χ0) is 14.1. The molecule has 0 radical (unpaired) electrons. The molecule has 0 spiro atoms. The van der Waals surface area contributed by atoms with Crippen LogP contribution in [0.3, 0.4) is 0 Å². The van der Waals surface area contributed by atoms with Gasteiger partial charge in [0.25, 0.3) is 0 Å². The van der Waals surface area contributed by atoms with E-state index < -0.39 is 0 Å². The first-order valence-corrected chi connectivity index (χ1v) is 7.44. The molecule has 0 saturated heterocycles. The lowest BCUT2D eigenvalue weighted by molar-refractivity contribution is 0.628. The average molecular weight is 336 g/mol. The maximum absolute atomic E-state index is 13.9. The van der Waals surface area contributed by atoms with Crippen LogP contribution in [0.1, 0.15) is 24.4 Å². The summed E-state index contributed by atoms with van der Waals surface area (Å²) in [6.07, 6.45) is 2.44. The molecule has 0 bridgehead atoms. The molecule has 0 atom stereocenters. The number of nitrogens with one attached hydrogen (secondary N) is 1. The van der Waals surface area contributed by atoms with Gasteiger partial charge in [-0.1, -0.05) is 15.9 Å². The first-order chi connectivity index (χ1) is 9.61. The summed E-state index contributed by atoms with van der Waals surface area (Å²) in [7, 11) is 0. The molecule has 1 heterocycles. The lowest BCUT2D eigenvalue weighted by Gasteiger charge is -2.08. The number of hydrogen-bond donors (Lipinski definition) is 1. The smallest absolute Gasteiger partial charge is 0.143 e. The zero-order valence-corrected chi connectivity index (χ0v) is 12.7. The van der Waals surface area contributed by atoms with Gasteiger partial charge >= 0.3 is 0 Å². The van der Waals surface area contributed by atoms with E-state index in [1.807, 2.05) is 13.0 Å². The summed E-state index contributed by atoms with van der Waals surface area (Å²) in [6, 6.07) is 7.28. The van der Waals surface area contributed by atoms with Crippen molar-refractivity contribution in [3.05, 3.63) is 46.1 Å². The van der Waals surface area contributed by atoms with Gasteiger partial charge in [0.1, 0.15) is 11.6 Å². The number of aromatic nitrogens is 2. The minimum atomic E-state index is -0.271. The highest BCUT2D eigenvalue weighted by Crippen LogP contribution is 2.25. The van der Waals surface area contributed by atoms with Crippen molar-refractivity contribution in [1.29, 1.82) is 0 Å². The largest absolute Gasteiger partial charge is 0.307 e. The fraction of sp³-hybridized carbons (Fsp3) is 0.333. The van der Waals surface area contributed by atoms with Crippen molar-refractivity contribution in [1.82, 2.24) is 15.3 Å². The van der Waals surface area contributed by atoms with Gasteiger partial charge in [-0.3, -0.25) is 0 Å². The lowest BCUT2D eigenvalue weighted by Crippen LogP contribution is -2.17. The number of aryl methyl sites for hydroxylation is 1. The topological polar surface area (TPSA) is 37.8 Å². The molecule has 5 heteroatoms. The van der Waals surface area contributed by atoms with E-state index in [0.29, 0.717) is 29.7 Å². The Balaban J connectivity index is 1.93. The average Bonchev–Trinajstić information content (AvgIpc) is 3.23. The maximum atomic E-state index is 13.9. The molecule has 2 aromatic rings. The van der Waals surface area contributed by atoms with Gasteiger partial charge in [-0.25, -0.2) is 14.4 Å². The van der Waals surface area contributed by atoms with Crippen LogP contribution in [0.25, 0.3) is 11.3 Å². The second kappa shape index (κ2) is 5.58. The summed E-state index contributed by atoms with van der Waals surface area (Å²) >= 11 is 3.37. The molecule has 1 aromatic carbocycles. The molecule has 1 saturated carbocycles. The molecule has 0 amide bonds. The molecule has 1 aliphatic rings. The summed E-state index contributed by atoms with van der Waals surface area (Å²) in [6.45, 7) is 2.54. The third kappa shape index (κ3) is 3.22. The highest BCUT2D eigenvalue weighted by molar-refractivity contribution is 9.10. The number of hydrogen-bond acceptors (Lipinski definition) is 3. The van der Waals surface area contributed by atoms with Crippen LogP contribution in [0, 0.1) is 12.7 Å². The molecule has 1 aliphatic carbocycles. The van der Waals surface area contributed by atoms with Crippen LogP contribution in [0.5, 0.6) is 0 Å². The monoisotopic (exact) mass is 335 g/mol. The molecular weight excluding hydrogens is 321 g/mol. The van der Waals surface area contributed by atoms with Gasteiger partial charge in [-0.15, -0.1) is 0 Å². The van der Waals surface area contributed by atoms with Crippen LogP contribution in [-0.4, -0.2) is 16.0 Å². The van der Waals surface area contributed by atoms with Gasteiger partial charge in [-0.2, -0.15) is 0 Å². The summed E-state index contributed by atoms with van der Waals surface area (Å²) in [5, 5.41) is 3.38. The van der Waals surface area contributed by atoms with Crippen LogP contribution >= 0.6 is 15.9 Å². The van der Waals surface area contributed by atoms with Crippen molar-refractivity contribution in [2.24, 2.45) is 0 Å². The van der Waals surface area contributed by atoms with Gasteiger partial charge in [0, 0.05) is 21.8 Å². The van der Waals surface area contributed by atoms with E-state index in [9.17, 15) is 4.39 Å². The van der Waals surface area contributed by atoms with Crippen molar-refractivity contribution in [2.75, 3.05) is 0 Å². The normalized spacial score (nSPS) is 14.6. The van der Waals surface area contributed by atoms with Gasteiger partial charge in [0.15, 0.2) is 0 Å². The van der Waals surface area contributed by atoms with Crippen molar-refractivity contribution in [3.8, 4) is 11.3 Å². The summed E-state index contributed by atoms with van der Waals surface area (Å²) in [5.41, 5.74) is 1.98. The molecule has 0 aliphatic heterocycles. The Morgan fingerprint density at radius 2 is 2.10 bits per heavy atom. The van der Waals surface area contributed by atoms with E-state index in [4.69, 9.17) is 0 Å². The van der Waals surface area contributed by atoms with Gasteiger partial charge in [0.2, 0.25) is 0 Å². The summed E-state index contributed by atoms with van der Waals surface area (Å²) < 4.78 is 14.8. The standard InChI is InChI=1S/C15H15BrFN3/c1-9-6-14(12-7-10(16)2-5-13(12)17)20-15(19-9)8-18-11-3-4-11/h2,5-7,11,18H,3-4,8H2,1H3. The fourth-order valence-electron chi connectivity index (χ4n) is 2.06. The molecule has 3 nitrogen and oxygen atoms in total. The Hall–Kier alpha value is -1.33. The number of halogens is 2. The second-order valence-corrected chi connectivity index (χ2v) is 6.01. The van der Waals surface area contributed by atoms with Gasteiger partial charge in [-0.05, 0) is 44.0 Å². The van der Waals surface area contributed by atoms with E-state index in [1.54, 1.807) is 12.1 Å². The van der Waals surface area contributed by atoms with Crippen LogP contribution < -0.4 is 5.32 Å². The van der Waals surface area contributed by atoms with E-state index >= 15 is 0 Å². The zero-order valence-electron chi connectivity index (χ0n) is 11.2. The lowest BCUT2D eigenvalue weighted by atomic mass is 10.1. The van der Waals surface area contributed by atoms with Crippen molar-refractivity contribution >= 4 is 15.9 Å². The van der Waals surface area contributed by atoms with Gasteiger partial charge in [0.05, 0.1) is 12.2 Å². The molecule has 20 heavy (non-hydrogen) atoms. The molecule has 104 valence electrons. The van der Waals surface area contributed by atoms with Crippen LogP contribution in [0.15, 0.2) is 28.7 Å². The Bertz CT molecular complexity index is 641. The van der Waals surface area contributed by atoms with E-state index in [2.05, 4.69) is 31.2 Å². The highest BCUT2D eigenvalue weighted by atomic mass is 79.9. The van der Waals surface area contributed by atoms with Crippen molar-refractivity contribution in [3.63, 3.8) is 0 Å². The molecule has 1 aromatic heterocycles. The third-order valence-electron chi connectivity index (χ3n) is 3.23. The van der Waals surface area contributed by atoms with E-state index in [-0.39, 0.29) is 5.82 Å². The Labute approximate surface area is 125 Å². The molecule has 3 rings (SSSR count). The summed E-state index contributed by atoms with van der Waals surface area (Å²) in [5.74, 6) is 0.443. The van der Waals surface area contributed by atoms with Crippen LogP contribution in [0.4, 0.5) is 4.39 Å². The quantitative estimate of drug-likeness (QED) is 0.927. The SMILES string of the molecule is Cc1cc(-c2cc(Br)ccc2F)nc(CNC2CC2)n1. The Kier molecular flexibility index (Phi) is 3.81. The first-order valence-electron chi connectivity index (χ1n) is 6.65. The molecule has 0 unspecified atom stereocenters. The fourth-order valence-corrected chi connectivity index (χ4v) is 2.43. The Morgan fingerprint density at radius 1 is 1.30 bits per heavy atom. The predicted octanol–water partition coefficient (Wildman–Crippen LogP) is 3.61. The number of rotatable bonds is 4.